The van der Waals surface area contributed by atoms with Gasteiger partial charge in [-0.25, -0.2) is 4.79 Å². The van der Waals surface area contributed by atoms with Gasteiger partial charge in [0.1, 0.15) is 5.60 Å². The van der Waals surface area contributed by atoms with Crippen molar-refractivity contribution >= 4 is 6.09 Å². The molecule has 0 aliphatic heterocycles. The summed E-state index contributed by atoms with van der Waals surface area (Å²) in [5, 5.41) is 21.2. The van der Waals surface area contributed by atoms with E-state index in [-0.39, 0.29) is 6.61 Å². The monoisotopic (exact) mass is 217 g/mol. The van der Waals surface area contributed by atoms with E-state index in [0.29, 0.717) is 12.8 Å². The lowest BCUT2D eigenvalue weighted by atomic mass is 10.1. The van der Waals surface area contributed by atoms with E-state index >= 15 is 0 Å². The van der Waals surface area contributed by atoms with Crippen LogP contribution in [0, 0.1) is 0 Å². The van der Waals surface area contributed by atoms with E-state index in [1.165, 1.54) is 0 Å². The lowest BCUT2D eigenvalue weighted by molar-refractivity contribution is 0.0292. The first-order valence-corrected chi connectivity index (χ1v) is 5.09. The average molecular weight is 217 g/mol. The fraction of sp³-hybridized carbons (Fsp3) is 0.900. The molecule has 1 saturated carbocycles. The highest BCUT2D eigenvalue weighted by molar-refractivity contribution is 5.68. The molecule has 0 aromatic carbocycles. The molecule has 0 aromatic rings. The molecule has 1 rings (SSSR count). The molecule has 0 saturated heterocycles. The smallest absolute Gasteiger partial charge is 0.408 e. The first-order valence-electron chi connectivity index (χ1n) is 5.09. The van der Waals surface area contributed by atoms with Gasteiger partial charge in [0, 0.05) is 0 Å². The summed E-state index contributed by atoms with van der Waals surface area (Å²) in [6.45, 7) is 4.99. The van der Waals surface area contributed by atoms with Crippen LogP contribution >= 0.6 is 0 Å². The normalized spacial score (nSPS) is 20.6. The second-order valence-electron chi connectivity index (χ2n) is 4.98. The molecule has 1 aliphatic carbocycles. The van der Waals surface area contributed by atoms with Gasteiger partial charge in [0.2, 0.25) is 0 Å². The van der Waals surface area contributed by atoms with Crippen LogP contribution in [0.25, 0.3) is 0 Å². The van der Waals surface area contributed by atoms with E-state index in [4.69, 9.17) is 9.84 Å². The summed E-state index contributed by atoms with van der Waals surface area (Å²) in [5.41, 5.74) is -1.51. The number of nitrogens with one attached hydrogen (secondary N) is 1. The molecule has 0 bridgehead atoms. The van der Waals surface area contributed by atoms with Crippen LogP contribution in [0.2, 0.25) is 0 Å². The van der Waals surface area contributed by atoms with Crippen molar-refractivity contribution in [3.63, 3.8) is 0 Å². The maximum Gasteiger partial charge on any atom is 0.408 e. The van der Waals surface area contributed by atoms with Gasteiger partial charge in [0.05, 0.1) is 18.2 Å². The van der Waals surface area contributed by atoms with Crippen molar-refractivity contribution in [2.45, 2.75) is 50.9 Å². The van der Waals surface area contributed by atoms with E-state index in [1.54, 1.807) is 20.8 Å². The van der Waals surface area contributed by atoms with Crippen molar-refractivity contribution in [3.8, 4) is 0 Å². The topological polar surface area (TPSA) is 78.8 Å². The molecule has 0 aromatic heterocycles. The lowest BCUT2D eigenvalue weighted by Crippen LogP contribution is -2.48. The summed E-state index contributed by atoms with van der Waals surface area (Å²) < 4.78 is 5.02. The third-order valence-electron chi connectivity index (χ3n) is 2.28. The molecule has 5 nitrogen and oxygen atoms in total. The van der Waals surface area contributed by atoms with Gasteiger partial charge >= 0.3 is 6.09 Å². The predicted octanol–water partition coefficient (Wildman–Crippen LogP) is 0.397. The van der Waals surface area contributed by atoms with E-state index in [0.717, 1.165) is 0 Å². The maximum absolute atomic E-state index is 11.3. The summed E-state index contributed by atoms with van der Waals surface area (Å²) in [4.78, 5) is 11.3. The van der Waals surface area contributed by atoms with Crippen LogP contribution in [-0.4, -0.2) is 40.2 Å². The largest absolute Gasteiger partial charge is 0.444 e. The molecule has 3 N–H and O–H groups in total. The van der Waals surface area contributed by atoms with Gasteiger partial charge in [-0.05, 0) is 33.6 Å². The highest BCUT2D eigenvalue weighted by Crippen LogP contribution is 2.38. The van der Waals surface area contributed by atoms with E-state index in [9.17, 15) is 9.90 Å². The van der Waals surface area contributed by atoms with Crippen molar-refractivity contribution in [1.29, 1.82) is 0 Å². The lowest BCUT2D eigenvalue weighted by Gasteiger charge is -2.25. The Bertz CT molecular complexity index is 242. The molecule has 15 heavy (non-hydrogen) atoms. The minimum atomic E-state index is -0.939. The second kappa shape index (κ2) is 3.98. The van der Waals surface area contributed by atoms with E-state index < -0.39 is 23.3 Å². The molecular weight excluding hydrogens is 198 g/mol. The van der Waals surface area contributed by atoms with Gasteiger partial charge in [-0.2, -0.15) is 0 Å². The molecule has 0 unspecified atom stereocenters. The molecular formula is C10H19NO4. The molecule has 5 heteroatoms. The zero-order chi connectivity index (χ0) is 11.7. The quantitative estimate of drug-likeness (QED) is 0.639. The molecule has 1 fully saturated rings. The predicted molar refractivity (Wildman–Crippen MR) is 54.4 cm³/mol. The number of alkyl carbamates (subject to hydrolysis) is 1. The number of rotatable bonds is 3. The van der Waals surface area contributed by atoms with Crippen LogP contribution in [0.1, 0.15) is 33.6 Å². The zero-order valence-electron chi connectivity index (χ0n) is 9.41. The number of carbonyl (C=O) groups excluding carboxylic acids is 1. The molecule has 1 aliphatic rings. The Morgan fingerprint density at radius 1 is 1.53 bits per heavy atom. The third-order valence-corrected chi connectivity index (χ3v) is 2.28. The summed E-state index contributed by atoms with van der Waals surface area (Å²) in [5.74, 6) is 0. The van der Waals surface area contributed by atoms with Crippen LogP contribution in [0.4, 0.5) is 4.79 Å². The molecule has 0 heterocycles. The van der Waals surface area contributed by atoms with Crippen LogP contribution < -0.4 is 5.32 Å². The average Bonchev–Trinajstić information content (AvgIpc) is 2.77. The Hall–Kier alpha value is -0.810. The first kappa shape index (κ1) is 12.3. The zero-order valence-corrected chi connectivity index (χ0v) is 9.41. The number of hydrogen-bond acceptors (Lipinski definition) is 4. The van der Waals surface area contributed by atoms with Crippen LogP contribution in [0.15, 0.2) is 0 Å². The number of aliphatic hydroxyl groups is 2. The maximum atomic E-state index is 11.3. The Balaban J connectivity index is 2.42. The Morgan fingerprint density at radius 3 is 2.40 bits per heavy atom. The SMILES string of the molecule is CC(C)(C)OC(=O)N[C@@H](CO)C1(O)CC1. The van der Waals surface area contributed by atoms with Crippen molar-refractivity contribution in [2.24, 2.45) is 0 Å². The summed E-state index contributed by atoms with van der Waals surface area (Å²) in [7, 11) is 0. The number of carbonyl (C=O) groups is 1. The number of aliphatic hydroxyl groups excluding tert-OH is 1. The van der Waals surface area contributed by atoms with E-state index in [2.05, 4.69) is 5.32 Å². The third kappa shape index (κ3) is 3.68. The molecule has 0 spiro atoms. The highest BCUT2D eigenvalue weighted by Gasteiger charge is 2.48. The standard InChI is InChI=1S/C10H19NO4/c1-9(2,3)15-8(13)11-7(6-12)10(14)4-5-10/h7,12,14H,4-6H2,1-3H3,(H,11,13)/t7-/m0/s1. The second-order valence-corrected chi connectivity index (χ2v) is 4.98. The number of ether oxygens (including phenoxy) is 1. The summed E-state index contributed by atoms with van der Waals surface area (Å²) in [6.07, 6.45) is 0.601. The summed E-state index contributed by atoms with van der Waals surface area (Å²) in [6, 6.07) is -0.632. The van der Waals surface area contributed by atoms with Crippen LogP contribution in [0.5, 0.6) is 0 Å². The molecule has 0 radical (unpaired) electrons. The van der Waals surface area contributed by atoms with Gasteiger partial charge in [-0.3, -0.25) is 0 Å². The van der Waals surface area contributed by atoms with Crippen molar-refractivity contribution in [1.82, 2.24) is 5.32 Å². The Morgan fingerprint density at radius 2 is 2.07 bits per heavy atom. The fourth-order valence-electron chi connectivity index (χ4n) is 1.28. The Kier molecular flexibility index (Phi) is 3.25. The van der Waals surface area contributed by atoms with Crippen LogP contribution in [0.3, 0.4) is 0 Å². The van der Waals surface area contributed by atoms with Gasteiger partial charge in [0.25, 0.3) is 0 Å². The first-order chi connectivity index (χ1) is 6.77. The van der Waals surface area contributed by atoms with Crippen molar-refractivity contribution in [2.75, 3.05) is 6.61 Å². The van der Waals surface area contributed by atoms with E-state index in [1.807, 2.05) is 0 Å². The fourth-order valence-corrected chi connectivity index (χ4v) is 1.28. The minimum Gasteiger partial charge on any atom is -0.444 e. The van der Waals surface area contributed by atoms with Crippen molar-refractivity contribution < 1.29 is 19.7 Å². The van der Waals surface area contributed by atoms with Crippen LogP contribution in [-0.2, 0) is 4.74 Å². The number of hydrogen-bond donors (Lipinski definition) is 3. The van der Waals surface area contributed by atoms with Gasteiger partial charge in [-0.15, -0.1) is 0 Å². The molecule has 1 amide bonds. The van der Waals surface area contributed by atoms with Crippen molar-refractivity contribution in [3.05, 3.63) is 0 Å². The van der Waals surface area contributed by atoms with Gasteiger partial charge in [-0.1, -0.05) is 0 Å². The molecule has 1 atom stereocenters. The van der Waals surface area contributed by atoms with Gasteiger partial charge in [0.15, 0.2) is 0 Å². The Labute approximate surface area is 89.4 Å². The minimum absolute atomic E-state index is 0.282. The van der Waals surface area contributed by atoms with Gasteiger partial charge < -0.3 is 20.3 Å². The number of amides is 1. The summed E-state index contributed by atoms with van der Waals surface area (Å²) >= 11 is 0. The highest BCUT2D eigenvalue weighted by atomic mass is 16.6. The molecule has 88 valence electrons.